The first-order valence-corrected chi connectivity index (χ1v) is 7.25. The highest BCUT2D eigenvalue weighted by Crippen LogP contribution is 2.30. The van der Waals surface area contributed by atoms with Crippen molar-refractivity contribution >= 4 is 17.5 Å². The number of aromatic nitrogens is 2. The van der Waals surface area contributed by atoms with Crippen molar-refractivity contribution in [2.45, 2.75) is 19.4 Å². The predicted octanol–water partition coefficient (Wildman–Crippen LogP) is 2.45. The summed E-state index contributed by atoms with van der Waals surface area (Å²) in [6.45, 7) is 0.601. The normalized spacial score (nSPS) is 13.5. The molecule has 6 heteroatoms. The molecule has 1 aliphatic carbocycles. The molecular weight excluding hydrogens is 280 g/mol. The van der Waals surface area contributed by atoms with E-state index in [2.05, 4.69) is 20.6 Å². The lowest BCUT2D eigenvalue weighted by atomic mass is 10.2. The molecule has 3 rings (SSSR count). The predicted molar refractivity (Wildman–Crippen MR) is 83.7 cm³/mol. The second kappa shape index (κ2) is 6.43. The van der Waals surface area contributed by atoms with Crippen molar-refractivity contribution in [3.63, 3.8) is 0 Å². The summed E-state index contributed by atoms with van der Waals surface area (Å²) >= 11 is 0. The summed E-state index contributed by atoms with van der Waals surface area (Å²) in [5.74, 6) is 1.38. The molecule has 0 spiro atoms. The van der Waals surface area contributed by atoms with Crippen molar-refractivity contribution in [1.82, 2.24) is 9.97 Å². The molecule has 6 nitrogen and oxygen atoms in total. The van der Waals surface area contributed by atoms with Gasteiger partial charge in [-0.2, -0.15) is 4.98 Å². The number of amides is 1. The number of anilines is 2. The molecule has 0 radical (unpaired) electrons. The number of rotatable bonds is 6. The number of hydrogen-bond acceptors (Lipinski definition) is 5. The van der Waals surface area contributed by atoms with Crippen molar-refractivity contribution in [1.29, 1.82) is 0 Å². The molecule has 2 aromatic rings. The van der Waals surface area contributed by atoms with E-state index in [1.165, 1.54) is 0 Å². The van der Waals surface area contributed by atoms with E-state index in [4.69, 9.17) is 4.74 Å². The highest BCUT2D eigenvalue weighted by molar-refractivity contribution is 5.93. The van der Waals surface area contributed by atoms with E-state index in [0.717, 1.165) is 24.1 Å². The van der Waals surface area contributed by atoms with E-state index in [-0.39, 0.29) is 11.8 Å². The third-order valence-electron chi connectivity index (χ3n) is 3.46. The molecule has 0 atom stereocenters. The molecule has 1 aromatic heterocycles. The minimum absolute atomic E-state index is 0.121. The van der Waals surface area contributed by atoms with Gasteiger partial charge in [0.25, 0.3) is 0 Å². The van der Waals surface area contributed by atoms with Gasteiger partial charge in [0.1, 0.15) is 0 Å². The van der Waals surface area contributed by atoms with Crippen molar-refractivity contribution in [2.75, 3.05) is 17.7 Å². The van der Waals surface area contributed by atoms with Crippen LogP contribution in [0.1, 0.15) is 18.4 Å². The molecule has 1 amide bonds. The fourth-order valence-electron chi connectivity index (χ4n) is 2.02. The van der Waals surface area contributed by atoms with E-state index in [9.17, 15) is 4.79 Å². The van der Waals surface area contributed by atoms with Gasteiger partial charge in [-0.3, -0.25) is 4.79 Å². The first-order valence-electron chi connectivity index (χ1n) is 7.25. The minimum Gasteiger partial charge on any atom is -0.481 e. The lowest BCUT2D eigenvalue weighted by Crippen LogP contribution is -2.13. The summed E-state index contributed by atoms with van der Waals surface area (Å²) in [5.41, 5.74) is 1.91. The summed E-state index contributed by atoms with van der Waals surface area (Å²) < 4.78 is 5.05. The van der Waals surface area contributed by atoms with Crippen molar-refractivity contribution in [3.8, 4) is 5.88 Å². The Balaban J connectivity index is 1.55. The maximum Gasteiger partial charge on any atom is 0.227 e. The first-order chi connectivity index (χ1) is 10.7. The number of hydrogen-bond donors (Lipinski definition) is 2. The summed E-state index contributed by atoms with van der Waals surface area (Å²) in [5, 5.41) is 6.05. The molecule has 22 heavy (non-hydrogen) atoms. The highest BCUT2D eigenvalue weighted by atomic mass is 16.5. The van der Waals surface area contributed by atoms with Gasteiger partial charge in [0, 0.05) is 30.4 Å². The number of carbonyl (C=O) groups excluding carboxylic acids is 1. The average Bonchev–Trinajstić information content (AvgIpc) is 3.39. The zero-order valence-corrected chi connectivity index (χ0v) is 12.4. The van der Waals surface area contributed by atoms with Gasteiger partial charge in [-0.15, -0.1) is 0 Å². The maximum atomic E-state index is 11.7. The van der Waals surface area contributed by atoms with Crippen molar-refractivity contribution < 1.29 is 9.53 Å². The number of nitrogens with zero attached hydrogens (tertiary/aromatic N) is 2. The second-order valence-corrected chi connectivity index (χ2v) is 5.24. The molecule has 0 saturated heterocycles. The molecule has 1 aliphatic rings. The number of methoxy groups -OCH3 is 1. The van der Waals surface area contributed by atoms with Crippen molar-refractivity contribution in [3.05, 3.63) is 42.1 Å². The van der Waals surface area contributed by atoms with Crippen LogP contribution < -0.4 is 15.4 Å². The Bertz CT molecular complexity index is 653. The van der Waals surface area contributed by atoms with Gasteiger partial charge >= 0.3 is 0 Å². The minimum atomic E-state index is 0.121. The average molecular weight is 298 g/mol. The second-order valence-electron chi connectivity index (χ2n) is 5.24. The van der Waals surface area contributed by atoms with Gasteiger partial charge in [0.2, 0.25) is 17.7 Å². The quantitative estimate of drug-likeness (QED) is 0.856. The highest BCUT2D eigenvalue weighted by Gasteiger charge is 2.29. The van der Waals surface area contributed by atoms with E-state index in [0.29, 0.717) is 18.4 Å². The van der Waals surface area contributed by atoms with Crippen LogP contribution >= 0.6 is 0 Å². The SMILES string of the molecule is COc1ccnc(NCc2ccc(NC(=O)C3CC3)cc2)n1. The Hall–Kier alpha value is -2.63. The Kier molecular flexibility index (Phi) is 4.18. The molecule has 2 N–H and O–H groups in total. The van der Waals surface area contributed by atoms with Crippen LogP contribution in [0.4, 0.5) is 11.6 Å². The van der Waals surface area contributed by atoms with Gasteiger partial charge in [0.05, 0.1) is 7.11 Å². The van der Waals surface area contributed by atoms with Gasteiger partial charge < -0.3 is 15.4 Å². The summed E-state index contributed by atoms with van der Waals surface area (Å²) in [7, 11) is 1.57. The smallest absolute Gasteiger partial charge is 0.227 e. The van der Waals surface area contributed by atoms with Crippen LogP contribution in [-0.2, 0) is 11.3 Å². The fourth-order valence-corrected chi connectivity index (χ4v) is 2.02. The van der Waals surface area contributed by atoms with E-state index in [1.54, 1.807) is 19.4 Å². The molecule has 0 bridgehead atoms. The third-order valence-corrected chi connectivity index (χ3v) is 3.46. The Morgan fingerprint density at radius 2 is 2.05 bits per heavy atom. The summed E-state index contributed by atoms with van der Waals surface area (Å²) in [6, 6.07) is 9.45. The largest absolute Gasteiger partial charge is 0.481 e. The Morgan fingerprint density at radius 3 is 2.73 bits per heavy atom. The molecule has 0 unspecified atom stereocenters. The van der Waals surface area contributed by atoms with Crippen LogP contribution in [0.2, 0.25) is 0 Å². The summed E-state index contributed by atoms with van der Waals surface area (Å²) in [6.07, 6.45) is 3.66. The van der Waals surface area contributed by atoms with E-state index >= 15 is 0 Å². The molecule has 1 aromatic carbocycles. The van der Waals surface area contributed by atoms with Gasteiger partial charge in [-0.1, -0.05) is 12.1 Å². The topological polar surface area (TPSA) is 76.1 Å². The van der Waals surface area contributed by atoms with Gasteiger partial charge in [-0.05, 0) is 30.5 Å². The first kappa shape index (κ1) is 14.3. The standard InChI is InChI=1S/C16H18N4O2/c1-22-14-8-9-17-16(20-14)18-10-11-2-6-13(7-3-11)19-15(21)12-4-5-12/h2-3,6-9,12H,4-5,10H2,1H3,(H,19,21)(H,17,18,20). The zero-order valence-electron chi connectivity index (χ0n) is 12.4. The third kappa shape index (κ3) is 3.72. The van der Waals surface area contributed by atoms with Crippen LogP contribution in [-0.4, -0.2) is 23.0 Å². The van der Waals surface area contributed by atoms with Crippen LogP contribution in [0.25, 0.3) is 0 Å². The number of ether oxygens (including phenoxy) is 1. The summed E-state index contributed by atoms with van der Waals surface area (Å²) in [4.78, 5) is 20.0. The monoisotopic (exact) mass is 298 g/mol. The molecular formula is C16H18N4O2. The van der Waals surface area contributed by atoms with Gasteiger partial charge in [0.15, 0.2) is 0 Å². The molecule has 114 valence electrons. The molecule has 1 fully saturated rings. The van der Waals surface area contributed by atoms with Crippen LogP contribution in [0, 0.1) is 5.92 Å². The van der Waals surface area contributed by atoms with E-state index < -0.39 is 0 Å². The molecule has 1 heterocycles. The molecule has 0 aliphatic heterocycles. The molecule has 1 saturated carbocycles. The Morgan fingerprint density at radius 1 is 1.27 bits per heavy atom. The maximum absolute atomic E-state index is 11.7. The lowest BCUT2D eigenvalue weighted by Gasteiger charge is -2.08. The number of carbonyl (C=O) groups is 1. The van der Waals surface area contributed by atoms with E-state index in [1.807, 2.05) is 24.3 Å². The van der Waals surface area contributed by atoms with Crippen molar-refractivity contribution in [2.24, 2.45) is 5.92 Å². The van der Waals surface area contributed by atoms with Crippen LogP contribution in [0.5, 0.6) is 5.88 Å². The lowest BCUT2D eigenvalue weighted by molar-refractivity contribution is -0.117. The van der Waals surface area contributed by atoms with Gasteiger partial charge in [-0.25, -0.2) is 4.98 Å². The van der Waals surface area contributed by atoms with Crippen LogP contribution in [0.3, 0.4) is 0 Å². The number of benzene rings is 1. The fraction of sp³-hybridized carbons (Fsp3) is 0.312. The van der Waals surface area contributed by atoms with Crippen LogP contribution in [0.15, 0.2) is 36.5 Å². The zero-order chi connectivity index (χ0) is 15.4. The Labute approximate surface area is 128 Å². The number of nitrogens with one attached hydrogen (secondary N) is 2.